The Labute approximate surface area is 162 Å². The third-order valence-corrected chi connectivity index (χ3v) is 4.82. The van der Waals surface area contributed by atoms with E-state index in [4.69, 9.17) is 12.2 Å². The fourth-order valence-corrected chi connectivity index (χ4v) is 3.35. The number of thiocarbonyl (C=S) groups is 1. The summed E-state index contributed by atoms with van der Waals surface area (Å²) in [5, 5.41) is 11.6. The van der Waals surface area contributed by atoms with Gasteiger partial charge in [-0.2, -0.15) is 5.01 Å². The highest BCUT2D eigenvalue weighted by Crippen LogP contribution is 2.31. The van der Waals surface area contributed by atoms with Crippen LogP contribution < -0.4 is 5.43 Å². The summed E-state index contributed by atoms with van der Waals surface area (Å²) in [5.74, 6) is -1.55. The molecule has 0 aromatic heterocycles. The molecule has 1 fully saturated rings. The maximum absolute atomic E-state index is 13.0. The van der Waals surface area contributed by atoms with Crippen molar-refractivity contribution >= 4 is 51.9 Å². The number of carbonyl (C=O) groups is 2. The maximum atomic E-state index is 13.0. The topological polar surface area (TPSA) is 92.6 Å². The number of carbonyl (C=O) groups excluding carboxylic acids is 2. The van der Waals surface area contributed by atoms with E-state index in [-0.39, 0.29) is 20.5 Å². The molecule has 2 amide bonds. The number of thioether (sulfide) groups is 1. The number of amides is 2. The highest BCUT2D eigenvalue weighted by atomic mass is 32.2. The van der Waals surface area contributed by atoms with Gasteiger partial charge in [0.1, 0.15) is 5.82 Å². The third-order valence-electron chi connectivity index (χ3n) is 3.52. The van der Waals surface area contributed by atoms with Crippen LogP contribution in [0.5, 0.6) is 0 Å². The SMILES string of the molecule is O=C(NN1C(=O)/C(=C/c2ccc(F)cc2)SC1=S)c1ccc([N+](=O)[O-])cc1. The maximum Gasteiger partial charge on any atom is 0.285 e. The van der Waals surface area contributed by atoms with Crippen molar-refractivity contribution in [2.45, 2.75) is 0 Å². The summed E-state index contributed by atoms with van der Waals surface area (Å²) in [5.41, 5.74) is 2.97. The second-order valence-electron chi connectivity index (χ2n) is 5.31. The lowest BCUT2D eigenvalue weighted by atomic mass is 10.2. The summed E-state index contributed by atoms with van der Waals surface area (Å²) in [4.78, 5) is 35.1. The van der Waals surface area contributed by atoms with Gasteiger partial charge in [-0.3, -0.25) is 25.1 Å². The Morgan fingerprint density at radius 1 is 1.19 bits per heavy atom. The van der Waals surface area contributed by atoms with Crippen molar-refractivity contribution < 1.29 is 18.9 Å². The van der Waals surface area contributed by atoms with Crippen molar-refractivity contribution in [3.05, 3.63) is 80.5 Å². The first-order chi connectivity index (χ1) is 12.8. The van der Waals surface area contributed by atoms with E-state index in [9.17, 15) is 24.1 Å². The normalized spacial score (nSPS) is 15.3. The number of hydrogen-bond acceptors (Lipinski definition) is 6. The van der Waals surface area contributed by atoms with Crippen LogP contribution in [0, 0.1) is 15.9 Å². The van der Waals surface area contributed by atoms with Crippen molar-refractivity contribution in [1.82, 2.24) is 10.4 Å². The number of rotatable bonds is 4. The van der Waals surface area contributed by atoms with Gasteiger partial charge in [0, 0.05) is 17.7 Å². The van der Waals surface area contributed by atoms with E-state index in [1.165, 1.54) is 54.6 Å². The van der Waals surface area contributed by atoms with Gasteiger partial charge in [-0.05, 0) is 48.1 Å². The van der Waals surface area contributed by atoms with Gasteiger partial charge >= 0.3 is 0 Å². The molecule has 27 heavy (non-hydrogen) atoms. The van der Waals surface area contributed by atoms with Gasteiger partial charge < -0.3 is 0 Å². The monoisotopic (exact) mass is 403 g/mol. The lowest BCUT2D eigenvalue weighted by Gasteiger charge is -2.15. The first-order valence-electron chi connectivity index (χ1n) is 7.44. The number of nitro groups is 1. The molecule has 1 aliphatic rings. The van der Waals surface area contributed by atoms with Gasteiger partial charge in [-0.1, -0.05) is 23.9 Å². The van der Waals surface area contributed by atoms with Crippen LogP contribution in [0.25, 0.3) is 6.08 Å². The predicted molar refractivity (Wildman–Crippen MR) is 102 cm³/mol. The predicted octanol–water partition coefficient (Wildman–Crippen LogP) is 3.28. The minimum Gasteiger partial charge on any atom is -0.267 e. The molecule has 10 heteroatoms. The Morgan fingerprint density at radius 2 is 1.81 bits per heavy atom. The average molecular weight is 403 g/mol. The highest BCUT2D eigenvalue weighted by Gasteiger charge is 2.33. The Bertz CT molecular complexity index is 975. The van der Waals surface area contributed by atoms with E-state index in [2.05, 4.69) is 5.43 Å². The van der Waals surface area contributed by atoms with E-state index < -0.39 is 22.6 Å². The number of nitrogens with zero attached hydrogens (tertiary/aromatic N) is 2. The molecule has 0 spiro atoms. The largest absolute Gasteiger partial charge is 0.285 e. The summed E-state index contributed by atoms with van der Waals surface area (Å²) < 4.78 is 13.1. The molecule has 136 valence electrons. The number of nitro benzene ring substituents is 1. The quantitative estimate of drug-likeness (QED) is 0.365. The second kappa shape index (κ2) is 7.64. The summed E-state index contributed by atoms with van der Waals surface area (Å²) >= 11 is 6.11. The van der Waals surface area contributed by atoms with E-state index in [0.717, 1.165) is 16.8 Å². The number of hydrogen-bond donors (Lipinski definition) is 1. The molecule has 2 aromatic rings. The van der Waals surface area contributed by atoms with E-state index in [1.54, 1.807) is 0 Å². The summed E-state index contributed by atoms with van der Waals surface area (Å²) in [6.45, 7) is 0. The molecule has 0 bridgehead atoms. The van der Waals surface area contributed by atoms with Crippen LogP contribution in [0.2, 0.25) is 0 Å². The second-order valence-corrected chi connectivity index (χ2v) is 6.99. The fourth-order valence-electron chi connectivity index (χ4n) is 2.18. The van der Waals surface area contributed by atoms with Crippen molar-refractivity contribution in [3.8, 4) is 0 Å². The van der Waals surface area contributed by atoms with E-state index in [1.807, 2.05) is 0 Å². The van der Waals surface area contributed by atoms with Gasteiger partial charge in [0.15, 0.2) is 4.32 Å². The lowest BCUT2D eigenvalue weighted by molar-refractivity contribution is -0.384. The van der Waals surface area contributed by atoms with Crippen molar-refractivity contribution in [3.63, 3.8) is 0 Å². The van der Waals surface area contributed by atoms with Crippen molar-refractivity contribution in [2.24, 2.45) is 0 Å². The first-order valence-corrected chi connectivity index (χ1v) is 8.66. The third kappa shape index (κ3) is 4.18. The molecule has 7 nitrogen and oxygen atoms in total. The fraction of sp³-hybridized carbons (Fsp3) is 0. The van der Waals surface area contributed by atoms with Gasteiger partial charge in [-0.15, -0.1) is 0 Å². The summed E-state index contributed by atoms with van der Waals surface area (Å²) in [6, 6.07) is 10.5. The van der Waals surface area contributed by atoms with Crippen LogP contribution in [-0.4, -0.2) is 26.1 Å². The van der Waals surface area contributed by atoms with Gasteiger partial charge in [-0.25, -0.2) is 4.39 Å². The molecule has 1 heterocycles. The van der Waals surface area contributed by atoms with Gasteiger partial charge in [0.05, 0.1) is 9.83 Å². The van der Waals surface area contributed by atoms with Crippen LogP contribution in [0.4, 0.5) is 10.1 Å². The molecular weight excluding hydrogens is 393 g/mol. The van der Waals surface area contributed by atoms with Crippen molar-refractivity contribution in [2.75, 3.05) is 0 Å². The summed E-state index contributed by atoms with van der Waals surface area (Å²) in [6.07, 6.45) is 1.54. The van der Waals surface area contributed by atoms with E-state index in [0.29, 0.717) is 5.56 Å². The van der Waals surface area contributed by atoms with Gasteiger partial charge in [0.25, 0.3) is 17.5 Å². The molecule has 0 atom stereocenters. The standard InChI is InChI=1S/C17H10FN3O4S2/c18-12-5-1-10(2-6-12)9-14-16(23)20(17(26)27-14)19-15(22)11-3-7-13(8-4-11)21(24)25/h1-9H,(H,19,22)/b14-9-. The zero-order valence-electron chi connectivity index (χ0n) is 13.4. The smallest absolute Gasteiger partial charge is 0.267 e. The zero-order chi connectivity index (χ0) is 19.6. The number of hydrazine groups is 1. The minimum absolute atomic E-state index is 0.128. The number of halogens is 1. The Kier molecular flexibility index (Phi) is 5.28. The first kappa shape index (κ1) is 18.7. The Balaban J connectivity index is 1.74. The zero-order valence-corrected chi connectivity index (χ0v) is 15.1. The molecule has 2 aromatic carbocycles. The highest BCUT2D eigenvalue weighted by molar-refractivity contribution is 8.26. The van der Waals surface area contributed by atoms with Crippen LogP contribution in [-0.2, 0) is 4.79 Å². The van der Waals surface area contributed by atoms with Gasteiger partial charge in [0.2, 0.25) is 0 Å². The molecule has 3 rings (SSSR count). The molecule has 1 saturated heterocycles. The number of benzene rings is 2. The molecule has 1 aliphatic heterocycles. The molecule has 1 N–H and O–H groups in total. The van der Waals surface area contributed by atoms with Crippen LogP contribution in [0.1, 0.15) is 15.9 Å². The van der Waals surface area contributed by atoms with E-state index >= 15 is 0 Å². The molecule has 0 radical (unpaired) electrons. The molecule has 0 aliphatic carbocycles. The molecular formula is C17H10FN3O4S2. The van der Waals surface area contributed by atoms with Crippen LogP contribution in [0.15, 0.2) is 53.4 Å². The molecule has 0 unspecified atom stereocenters. The van der Waals surface area contributed by atoms with Crippen molar-refractivity contribution in [1.29, 1.82) is 0 Å². The van der Waals surface area contributed by atoms with Crippen LogP contribution in [0.3, 0.4) is 0 Å². The lowest BCUT2D eigenvalue weighted by Crippen LogP contribution is -2.44. The summed E-state index contributed by atoms with van der Waals surface area (Å²) in [7, 11) is 0. The molecule has 0 saturated carbocycles. The Morgan fingerprint density at radius 3 is 2.41 bits per heavy atom. The minimum atomic E-state index is -0.635. The Hall–Kier alpha value is -3.11. The average Bonchev–Trinajstić information content (AvgIpc) is 2.91. The van der Waals surface area contributed by atoms with Crippen LogP contribution >= 0.6 is 24.0 Å². The number of nitrogens with one attached hydrogen (secondary N) is 1. The number of non-ortho nitro benzene ring substituents is 1.